The number of piperazine rings is 1. The third-order valence-corrected chi connectivity index (χ3v) is 5.44. The van der Waals surface area contributed by atoms with Crippen molar-refractivity contribution in [2.24, 2.45) is 0 Å². The number of nitrogens with zero attached hydrogens (tertiary/aromatic N) is 3. The Morgan fingerprint density at radius 2 is 1.68 bits per heavy atom. The number of carbonyl (C=O) groups is 4. The van der Waals surface area contributed by atoms with Gasteiger partial charge in [0, 0.05) is 44.6 Å². The van der Waals surface area contributed by atoms with Gasteiger partial charge in [0.1, 0.15) is 6.04 Å². The van der Waals surface area contributed by atoms with Gasteiger partial charge in [-0.25, -0.2) is 4.79 Å². The van der Waals surface area contributed by atoms with Gasteiger partial charge >= 0.3 is 6.09 Å². The lowest BCUT2D eigenvalue weighted by Crippen LogP contribution is -2.64. The molecule has 10 heteroatoms. The second-order valence-electron chi connectivity index (χ2n) is 7.53. The first-order valence-electron chi connectivity index (χ1n) is 9.73. The lowest BCUT2D eigenvalue weighted by Gasteiger charge is -2.46. The van der Waals surface area contributed by atoms with E-state index >= 15 is 0 Å². The van der Waals surface area contributed by atoms with E-state index in [1.54, 1.807) is 0 Å². The van der Waals surface area contributed by atoms with Crippen molar-refractivity contribution in [1.82, 2.24) is 25.5 Å². The van der Waals surface area contributed by atoms with Crippen LogP contribution in [0, 0.1) is 0 Å². The highest BCUT2D eigenvalue weighted by atomic mass is 18.1. The van der Waals surface area contributed by atoms with Crippen molar-refractivity contribution in [3.8, 4) is 0 Å². The van der Waals surface area contributed by atoms with E-state index in [2.05, 4.69) is 34.3 Å². The minimum atomic E-state index is -0.831. The molecule has 158 valence electrons. The van der Waals surface area contributed by atoms with Gasteiger partial charge in [-0.3, -0.25) is 24.2 Å². The number of hydroxylamine groups is 2. The van der Waals surface area contributed by atoms with Gasteiger partial charge in [-0.05, 0) is 40.8 Å². The summed E-state index contributed by atoms with van der Waals surface area (Å²) in [6.07, 6.45) is 0.613. The predicted molar refractivity (Wildman–Crippen MR) is 101 cm³/mol. The molecule has 0 aromatic heterocycles. The number of likely N-dealkylation sites (N-methyl/N-ethyl adjacent to an activating group) is 2. The van der Waals surface area contributed by atoms with Crippen LogP contribution in [0.1, 0.15) is 39.5 Å². The largest absolute Gasteiger partial charge is 0.432 e. The van der Waals surface area contributed by atoms with Gasteiger partial charge in [-0.1, -0.05) is 0 Å². The average Bonchev–Trinajstić information content (AvgIpc) is 2.94. The number of carbonyl (C=O) groups excluding carboxylic acids is 4. The lowest BCUT2D eigenvalue weighted by molar-refractivity contribution is -0.171. The molecular formula is C18H31N5O5. The Morgan fingerprint density at radius 1 is 1.11 bits per heavy atom. The summed E-state index contributed by atoms with van der Waals surface area (Å²) >= 11 is 0. The van der Waals surface area contributed by atoms with E-state index in [9.17, 15) is 19.2 Å². The zero-order valence-electron chi connectivity index (χ0n) is 17.1. The molecule has 2 N–H and O–H groups in total. The molecule has 3 unspecified atom stereocenters. The summed E-state index contributed by atoms with van der Waals surface area (Å²) in [5, 5.41) is 5.96. The quantitative estimate of drug-likeness (QED) is 0.196. The third-order valence-electron chi connectivity index (χ3n) is 5.44. The number of unbranched alkanes of at least 4 members (excludes halogenated alkanes) is 1. The maximum absolute atomic E-state index is 12.5. The summed E-state index contributed by atoms with van der Waals surface area (Å²) in [7, 11) is 4.01. The Morgan fingerprint density at radius 3 is 2.29 bits per heavy atom. The van der Waals surface area contributed by atoms with Crippen molar-refractivity contribution in [2.75, 3.05) is 33.7 Å². The topological polar surface area (TPSA) is 111 Å². The van der Waals surface area contributed by atoms with Crippen LogP contribution in [0.3, 0.4) is 0 Å². The van der Waals surface area contributed by atoms with Crippen molar-refractivity contribution >= 4 is 23.8 Å². The van der Waals surface area contributed by atoms with Gasteiger partial charge in [-0.15, -0.1) is 5.06 Å². The minimum Gasteiger partial charge on any atom is -0.355 e. The first-order valence-corrected chi connectivity index (χ1v) is 9.73. The van der Waals surface area contributed by atoms with Gasteiger partial charge < -0.3 is 15.5 Å². The van der Waals surface area contributed by atoms with Crippen LogP contribution in [0.4, 0.5) is 4.79 Å². The number of nitrogens with one attached hydrogen (secondary N) is 2. The number of hydrogen-bond donors (Lipinski definition) is 2. The SMILES string of the molecule is CC1CN(C)C([13C](=O)[15NH][13CH2][13CH2][13CH2][13CH2][15NH][13C](=[18O])ON2C(=O)CCC2=O)C(C)N1C. The van der Waals surface area contributed by atoms with Crippen LogP contribution in [0.2, 0.25) is 0 Å². The molecule has 0 spiro atoms. The van der Waals surface area contributed by atoms with Crippen LogP contribution < -0.4 is 10.6 Å². The van der Waals surface area contributed by atoms with E-state index < -0.39 is 17.9 Å². The molecule has 2 aliphatic heterocycles. The lowest BCUT2D eigenvalue weighted by atomic mass is 10.1. The summed E-state index contributed by atoms with van der Waals surface area (Å²) in [6, 6.07) is 0.340. The molecule has 2 heterocycles. The van der Waals surface area contributed by atoms with E-state index in [4.69, 9.17) is 4.84 Å². The normalized spacial score (nSPS) is 26.4. The molecule has 0 aromatic carbocycles. The Bertz CT molecular complexity index is 597. The highest BCUT2D eigenvalue weighted by Crippen LogP contribution is 2.18. The standard InChI is InChI=1S/C18H31N5O5/c1-12-11-21(3)16(13(2)22(12)4)17(26)19-9-5-6-10-20-18(27)28-23-14(24)7-8-15(23)25/h12-13,16H,5-11H2,1-4H3,(H,19,26)(H,20,27)/i5+1,6+1,9+1,10+1,17+1,18+1,19+1,20+1,27+2. The van der Waals surface area contributed by atoms with Crippen LogP contribution in [0.25, 0.3) is 0 Å². The molecule has 0 aromatic rings. The van der Waals surface area contributed by atoms with Crippen molar-refractivity contribution in [3.63, 3.8) is 0 Å². The Labute approximate surface area is 165 Å². The second kappa shape index (κ2) is 9.83. The Balaban J connectivity index is 1.61. The summed E-state index contributed by atoms with van der Waals surface area (Å²) in [5.74, 6) is -1.01. The molecule has 28 heavy (non-hydrogen) atoms. The fourth-order valence-corrected chi connectivity index (χ4v) is 3.60. The van der Waals surface area contributed by atoms with Gasteiger partial charge in [0.05, 0.1) is 0 Å². The molecule has 3 atom stereocenters. The Hall–Kier alpha value is -2.20. The summed E-state index contributed by atoms with van der Waals surface area (Å²) < 4.78 is 0. The summed E-state index contributed by atoms with van der Waals surface area (Å²) in [6.45, 7) is 5.88. The second-order valence-corrected chi connectivity index (χ2v) is 7.53. The number of rotatable bonds is 7. The third kappa shape index (κ3) is 5.41. The van der Waals surface area contributed by atoms with Crippen LogP contribution in [-0.4, -0.2) is 90.5 Å². The van der Waals surface area contributed by atoms with Gasteiger partial charge in [-0.2, -0.15) is 0 Å². The van der Waals surface area contributed by atoms with E-state index in [-0.39, 0.29) is 30.8 Å². The summed E-state index contributed by atoms with van der Waals surface area (Å²) in [5.41, 5.74) is 0. The molecule has 0 aliphatic carbocycles. The number of amides is 4. The van der Waals surface area contributed by atoms with E-state index in [1.165, 1.54) is 0 Å². The van der Waals surface area contributed by atoms with Gasteiger partial charge in [0.25, 0.3) is 11.8 Å². The van der Waals surface area contributed by atoms with E-state index in [1.807, 2.05) is 14.1 Å². The highest BCUT2D eigenvalue weighted by molar-refractivity contribution is 6.01. The molecule has 2 fully saturated rings. The molecule has 2 rings (SSSR count). The summed E-state index contributed by atoms with van der Waals surface area (Å²) in [4.78, 5) is 55.9. The van der Waals surface area contributed by atoms with E-state index in [0.717, 1.165) is 6.54 Å². The molecule has 2 aliphatic rings. The van der Waals surface area contributed by atoms with Gasteiger partial charge in [0.15, 0.2) is 0 Å². The first kappa shape index (κ1) is 22.1. The molecule has 0 radical (unpaired) electrons. The van der Waals surface area contributed by atoms with Crippen LogP contribution in [0.5, 0.6) is 0 Å². The zero-order valence-corrected chi connectivity index (χ0v) is 17.1. The van der Waals surface area contributed by atoms with E-state index in [0.29, 0.717) is 37.0 Å². The van der Waals surface area contributed by atoms with Crippen LogP contribution >= 0.6 is 0 Å². The smallest absolute Gasteiger partial charge is 0.355 e. The number of imide groups is 1. The van der Waals surface area contributed by atoms with Crippen molar-refractivity contribution in [2.45, 2.75) is 57.7 Å². The van der Waals surface area contributed by atoms with Crippen LogP contribution in [-0.2, 0) is 19.2 Å². The maximum atomic E-state index is 12.5. The maximum Gasteiger partial charge on any atom is 0.432 e. The Kier molecular flexibility index (Phi) is 7.76. The monoisotopic (exact) mass is 407 g/mol. The molecule has 4 amide bonds. The van der Waals surface area contributed by atoms with Crippen molar-refractivity contribution < 1.29 is 24.0 Å². The number of hydrogen-bond acceptors (Lipinski definition) is 7. The van der Waals surface area contributed by atoms with Crippen LogP contribution in [0.15, 0.2) is 0 Å². The van der Waals surface area contributed by atoms with Crippen molar-refractivity contribution in [1.29, 1.82) is 0 Å². The van der Waals surface area contributed by atoms with Gasteiger partial charge in [0.2, 0.25) is 5.91 Å². The highest BCUT2D eigenvalue weighted by Gasteiger charge is 2.38. The first-order chi connectivity index (χ1) is 13.2. The fourth-order valence-electron chi connectivity index (χ4n) is 3.60. The average molecular weight is 407 g/mol. The molecule has 10 nitrogen and oxygen atoms in total. The fraction of sp³-hybridized carbons (Fsp3) is 0.778. The molecule has 2 saturated heterocycles. The minimum absolute atomic E-state index is 0.00665. The zero-order chi connectivity index (χ0) is 20.8. The predicted octanol–water partition coefficient (Wildman–Crippen LogP) is -0.304. The molecule has 0 saturated carbocycles. The van der Waals surface area contributed by atoms with Crippen molar-refractivity contribution in [3.05, 3.63) is 0 Å². The molecular weight excluding hydrogens is 376 g/mol. The molecule has 0 bridgehead atoms.